The van der Waals surface area contributed by atoms with Gasteiger partial charge in [0.25, 0.3) is 5.69 Å². The minimum Gasteiger partial charge on any atom is -0.268 e. The van der Waals surface area contributed by atoms with Crippen molar-refractivity contribution in [2.75, 3.05) is 6.54 Å². The summed E-state index contributed by atoms with van der Waals surface area (Å²) in [5.41, 5.74) is 1.73. The standard InChI is InChI=1S/C14H17BrN4O4S/c1-10-14(15)11(2)18(17-10)9-3-8-16-24(22,23)13-6-4-12(5-7-13)19(20)21/h4-7,16H,3,8-9H2,1-2H3. The number of nitro groups is 1. The molecule has 10 heteroatoms. The molecule has 0 atom stereocenters. The molecule has 0 unspecified atom stereocenters. The molecule has 1 heterocycles. The van der Waals surface area contributed by atoms with E-state index in [1.165, 1.54) is 24.3 Å². The van der Waals surface area contributed by atoms with Crippen molar-refractivity contribution in [3.05, 3.63) is 50.2 Å². The van der Waals surface area contributed by atoms with Gasteiger partial charge in [-0.25, -0.2) is 13.1 Å². The van der Waals surface area contributed by atoms with Crippen LogP contribution in [0.5, 0.6) is 0 Å². The second-order valence-electron chi connectivity index (χ2n) is 5.21. The number of hydrogen-bond acceptors (Lipinski definition) is 5. The van der Waals surface area contributed by atoms with E-state index in [2.05, 4.69) is 25.8 Å². The van der Waals surface area contributed by atoms with Gasteiger partial charge in [0.15, 0.2) is 0 Å². The highest BCUT2D eigenvalue weighted by molar-refractivity contribution is 9.10. The average Bonchev–Trinajstić information content (AvgIpc) is 2.79. The Balaban J connectivity index is 1.93. The molecular formula is C14H17BrN4O4S. The van der Waals surface area contributed by atoms with E-state index in [0.29, 0.717) is 13.0 Å². The summed E-state index contributed by atoms with van der Waals surface area (Å²) in [6.45, 7) is 4.66. The second-order valence-corrected chi connectivity index (χ2v) is 7.77. The van der Waals surface area contributed by atoms with Crippen LogP contribution >= 0.6 is 15.9 Å². The summed E-state index contributed by atoms with van der Waals surface area (Å²) in [7, 11) is -3.68. The Kier molecular flexibility index (Phi) is 5.73. The number of halogens is 1. The summed E-state index contributed by atoms with van der Waals surface area (Å²) in [5, 5.41) is 14.9. The number of nitrogens with one attached hydrogen (secondary N) is 1. The third-order valence-corrected chi connectivity index (χ3v) is 6.11. The van der Waals surface area contributed by atoms with E-state index >= 15 is 0 Å². The van der Waals surface area contributed by atoms with Crippen LogP contribution in [0.2, 0.25) is 0 Å². The molecular weight excluding hydrogens is 400 g/mol. The lowest BCUT2D eigenvalue weighted by molar-refractivity contribution is -0.384. The molecule has 0 saturated carbocycles. The van der Waals surface area contributed by atoms with Crippen molar-refractivity contribution in [2.24, 2.45) is 0 Å². The van der Waals surface area contributed by atoms with E-state index in [9.17, 15) is 18.5 Å². The Morgan fingerprint density at radius 2 is 1.92 bits per heavy atom. The summed E-state index contributed by atoms with van der Waals surface area (Å²) in [6, 6.07) is 4.78. The van der Waals surface area contributed by atoms with Crippen molar-refractivity contribution >= 4 is 31.6 Å². The molecule has 2 rings (SSSR count). The summed E-state index contributed by atoms with van der Waals surface area (Å²) in [6.07, 6.45) is 0.570. The van der Waals surface area contributed by atoms with E-state index in [1.807, 2.05) is 18.5 Å². The molecule has 1 N–H and O–H groups in total. The molecule has 8 nitrogen and oxygen atoms in total. The van der Waals surface area contributed by atoms with Crippen LogP contribution in [-0.4, -0.2) is 29.7 Å². The van der Waals surface area contributed by atoms with Crippen molar-refractivity contribution in [3.8, 4) is 0 Å². The smallest absolute Gasteiger partial charge is 0.268 e. The van der Waals surface area contributed by atoms with Gasteiger partial charge >= 0.3 is 0 Å². The molecule has 0 amide bonds. The highest BCUT2D eigenvalue weighted by Crippen LogP contribution is 2.20. The van der Waals surface area contributed by atoms with Crippen molar-refractivity contribution in [3.63, 3.8) is 0 Å². The number of rotatable bonds is 7. The summed E-state index contributed by atoms with van der Waals surface area (Å²) >= 11 is 3.44. The van der Waals surface area contributed by atoms with Crippen molar-refractivity contribution < 1.29 is 13.3 Å². The fourth-order valence-electron chi connectivity index (χ4n) is 2.16. The maximum atomic E-state index is 12.1. The summed E-state index contributed by atoms with van der Waals surface area (Å²) in [4.78, 5) is 10.0. The van der Waals surface area contributed by atoms with E-state index in [-0.39, 0.29) is 17.1 Å². The minimum absolute atomic E-state index is 0.00181. The molecule has 0 aliphatic carbocycles. The number of nitrogens with zero attached hydrogens (tertiary/aromatic N) is 3. The third-order valence-electron chi connectivity index (χ3n) is 3.49. The number of hydrogen-bond donors (Lipinski definition) is 1. The van der Waals surface area contributed by atoms with Gasteiger partial charge in [0, 0.05) is 30.9 Å². The molecule has 0 radical (unpaired) electrons. The zero-order valence-corrected chi connectivity index (χ0v) is 15.6. The van der Waals surface area contributed by atoms with Crippen LogP contribution in [0.1, 0.15) is 17.8 Å². The fraction of sp³-hybridized carbons (Fsp3) is 0.357. The number of sulfonamides is 1. The zero-order chi connectivity index (χ0) is 17.9. The predicted molar refractivity (Wildman–Crippen MR) is 92.3 cm³/mol. The maximum absolute atomic E-state index is 12.1. The molecule has 1 aromatic carbocycles. The topological polar surface area (TPSA) is 107 Å². The van der Waals surface area contributed by atoms with Gasteiger partial charge in [0.2, 0.25) is 10.0 Å². The van der Waals surface area contributed by atoms with Gasteiger partial charge in [0.05, 0.1) is 20.0 Å². The lowest BCUT2D eigenvalue weighted by Gasteiger charge is -2.08. The first kappa shape index (κ1) is 18.6. The molecule has 0 aliphatic rings. The van der Waals surface area contributed by atoms with Crippen molar-refractivity contribution in [1.82, 2.24) is 14.5 Å². The first-order valence-corrected chi connectivity index (χ1v) is 9.43. The van der Waals surface area contributed by atoms with E-state index in [1.54, 1.807) is 0 Å². The highest BCUT2D eigenvalue weighted by atomic mass is 79.9. The Labute approximate surface area is 148 Å². The Morgan fingerprint density at radius 1 is 1.29 bits per heavy atom. The predicted octanol–water partition coefficient (Wildman–Crippen LogP) is 2.54. The van der Waals surface area contributed by atoms with E-state index < -0.39 is 14.9 Å². The van der Waals surface area contributed by atoms with Gasteiger partial charge in [-0.05, 0) is 48.3 Å². The number of non-ortho nitro benzene ring substituents is 1. The average molecular weight is 417 g/mol. The van der Waals surface area contributed by atoms with Gasteiger partial charge in [-0.1, -0.05) is 0 Å². The van der Waals surface area contributed by atoms with Crippen LogP contribution in [0.4, 0.5) is 5.69 Å². The molecule has 0 bridgehead atoms. The maximum Gasteiger partial charge on any atom is 0.269 e. The van der Waals surface area contributed by atoms with Crippen LogP contribution in [0.3, 0.4) is 0 Å². The summed E-state index contributed by atoms with van der Waals surface area (Å²) in [5.74, 6) is 0. The van der Waals surface area contributed by atoms with Crippen LogP contribution in [0.15, 0.2) is 33.6 Å². The SMILES string of the molecule is Cc1nn(CCCNS(=O)(=O)c2ccc([N+](=O)[O-])cc2)c(C)c1Br. The molecule has 24 heavy (non-hydrogen) atoms. The number of aromatic nitrogens is 2. The number of benzene rings is 1. The molecule has 0 aliphatic heterocycles. The highest BCUT2D eigenvalue weighted by Gasteiger charge is 2.15. The van der Waals surface area contributed by atoms with Crippen molar-refractivity contribution in [1.29, 1.82) is 0 Å². The first-order valence-electron chi connectivity index (χ1n) is 7.16. The van der Waals surface area contributed by atoms with Crippen LogP contribution in [0.25, 0.3) is 0 Å². The minimum atomic E-state index is -3.68. The van der Waals surface area contributed by atoms with E-state index in [0.717, 1.165) is 15.9 Å². The zero-order valence-electron chi connectivity index (χ0n) is 13.2. The van der Waals surface area contributed by atoms with Gasteiger partial charge in [-0.3, -0.25) is 14.8 Å². The van der Waals surface area contributed by atoms with Gasteiger partial charge < -0.3 is 0 Å². The molecule has 0 spiro atoms. The number of aryl methyl sites for hydroxylation is 2. The molecule has 0 fully saturated rings. The molecule has 2 aromatic rings. The largest absolute Gasteiger partial charge is 0.269 e. The monoisotopic (exact) mass is 416 g/mol. The third kappa shape index (κ3) is 4.19. The van der Waals surface area contributed by atoms with Gasteiger partial charge in [-0.15, -0.1) is 0 Å². The molecule has 130 valence electrons. The quantitative estimate of drug-likeness (QED) is 0.423. The Hall–Kier alpha value is -1.78. The lowest BCUT2D eigenvalue weighted by Crippen LogP contribution is -2.25. The second kappa shape index (κ2) is 7.41. The van der Waals surface area contributed by atoms with E-state index in [4.69, 9.17) is 0 Å². The lowest BCUT2D eigenvalue weighted by atomic mass is 10.3. The normalized spacial score (nSPS) is 11.6. The Bertz CT molecular complexity index is 846. The van der Waals surface area contributed by atoms with Crippen LogP contribution in [-0.2, 0) is 16.6 Å². The first-order chi connectivity index (χ1) is 11.2. The van der Waals surface area contributed by atoms with Crippen LogP contribution in [0, 0.1) is 24.0 Å². The van der Waals surface area contributed by atoms with Gasteiger partial charge in [0.1, 0.15) is 0 Å². The number of nitro benzene ring substituents is 1. The van der Waals surface area contributed by atoms with Crippen molar-refractivity contribution in [2.45, 2.75) is 31.7 Å². The summed E-state index contributed by atoms with van der Waals surface area (Å²) < 4.78 is 29.5. The molecule has 1 aromatic heterocycles. The molecule has 0 saturated heterocycles. The van der Waals surface area contributed by atoms with Crippen LogP contribution < -0.4 is 4.72 Å². The fourth-order valence-corrected chi connectivity index (χ4v) is 3.52. The Morgan fingerprint density at radius 3 is 2.42 bits per heavy atom. The van der Waals surface area contributed by atoms with Gasteiger partial charge in [-0.2, -0.15) is 5.10 Å².